The summed E-state index contributed by atoms with van der Waals surface area (Å²) in [7, 11) is -2.78. The maximum atomic E-state index is 7.19. The SMILES string of the molecule is C[Si](C)c1ccc2oc3c(N(c4ccc5ccccc5c4)c4cc5c(c6ccccc46)-c4ccc(N(c6ccc7ccccc7c6)c6cccc7c6oc6ccc([Si](C)(C)c8ccccc8)cc67)cc4C5(c4ccccc4)c4ccccc4)cccc3c2c1. The number of rotatable bonds is 11. The van der Waals surface area contributed by atoms with Gasteiger partial charge in [0.15, 0.2) is 11.2 Å². The monoisotopic (exact) mass is 1170 g/mol. The molecular formula is C83H61N2O2Si2. The molecule has 0 saturated heterocycles. The number of anilines is 6. The van der Waals surface area contributed by atoms with Crippen molar-refractivity contribution in [3.63, 3.8) is 0 Å². The van der Waals surface area contributed by atoms with E-state index in [0.717, 1.165) is 94.2 Å². The second-order valence-corrected chi connectivity index (χ2v) is 31.7. The molecule has 0 spiro atoms. The Hall–Kier alpha value is -10.5. The summed E-state index contributed by atoms with van der Waals surface area (Å²) in [6, 6.07) is 111. The molecular weight excluding hydrogens is 1110 g/mol. The van der Waals surface area contributed by atoms with Crippen LogP contribution in [-0.2, 0) is 5.41 Å². The Kier molecular flexibility index (Phi) is 12.2. The summed E-state index contributed by atoms with van der Waals surface area (Å²) >= 11 is 0. The lowest BCUT2D eigenvalue weighted by Gasteiger charge is -2.36. The molecule has 1 aliphatic carbocycles. The van der Waals surface area contributed by atoms with Crippen molar-refractivity contribution in [1.29, 1.82) is 0 Å². The molecule has 2 aromatic heterocycles. The third-order valence-electron chi connectivity index (χ3n) is 19.2. The minimum Gasteiger partial charge on any atom is -0.454 e. The first-order chi connectivity index (χ1) is 43.7. The van der Waals surface area contributed by atoms with Gasteiger partial charge in [0.25, 0.3) is 0 Å². The van der Waals surface area contributed by atoms with Gasteiger partial charge in [-0.25, -0.2) is 0 Å². The van der Waals surface area contributed by atoms with Gasteiger partial charge < -0.3 is 18.6 Å². The van der Waals surface area contributed by atoms with Crippen LogP contribution in [-0.4, -0.2) is 16.9 Å². The van der Waals surface area contributed by atoms with Gasteiger partial charge in [0.1, 0.15) is 19.2 Å². The molecule has 0 fully saturated rings. The number of nitrogens with zero attached hydrogens (tertiary/aromatic N) is 2. The zero-order chi connectivity index (χ0) is 59.5. The first kappa shape index (κ1) is 52.8. The van der Waals surface area contributed by atoms with Crippen molar-refractivity contribution in [3.05, 3.63) is 320 Å². The lowest BCUT2D eigenvalue weighted by molar-refractivity contribution is 0.669. The molecule has 4 nitrogen and oxygen atoms in total. The van der Waals surface area contributed by atoms with E-state index >= 15 is 0 Å². The van der Waals surface area contributed by atoms with Crippen LogP contribution in [0.1, 0.15) is 22.3 Å². The summed E-state index contributed by atoms with van der Waals surface area (Å²) in [5.74, 6) is 0. The average molecular weight is 1170 g/mol. The van der Waals surface area contributed by atoms with Crippen molar-refractivity contribution in [2.24, 2.45) is 0 Å². The van der Waals surface area contributed by atoms with E-state index in [0.29, 0.717) is 0 Å². The Bertz CT molecular complexity index is 5440. The number of hydrogen-bond acceptors (Lipinski definition) is 4. The molecule has 0 saturated carbocycles. The van der Waals surface area contributed by atoms with Crippen LogP contribution < -0.4 is 25.4 Å². The van der Waals surface area contributed by atoms with E-state index in [9.17, 15) is 0 Å². The fourth-order valence-corrected chi connectivity index (χ4v) is 18.0. The van der Waals surface area contributed by atoms with Gasteiger partial charge in [-0.2, -0.15) is 0 Å². The van der Waals surface area contributed by atoms with Crippen LogP contribution in [0.3, 0.4) is 0 Å². The molecule has 423 valence electrons. The smallest absolute Gasteiger partial charge is 0.159 e. The van der Waals surface area contributed by atoms with E-state index in [-0.39, 0.29) is 0 Å². The van der Waals surface area contributed by atoms with Crippen LogP contribution in [0.5, 0.6) is 0 Å². The summed E-state index contributed by atoms with van der Waals surface area (Å²) in [5.41, 5.74) is 15.9. The van der Waals surface area contributed by atoms with Crippen LogP contribution in [0, 0.1) is 0 Å². The predicted molar refractivity (Wildman–Crippen MR) is 380 cm³/mol. The second-order valence-electron chi connectivity index (χ2n) is 24.7. The topological polar surface area (TPSA) is 32.8 Å². The lowest BCUT2D eigenvalue weighted by Crippen LogP contribution is -2.52. The van der Waals surface area contributed by atoms with Crippen molar-refractivity contribution in [3.8, 4) is 11.1 Å². The van der Waals surface area contributed by atoms with Crippen molar-refractivity contribution >= 4 is 143 Å². The highest BCUT2D eigenvalue weighted by molar-refractivity contribution is 7.00. The molecule has 6 heteroatoms. The Labute approximate surface area is 520 Å². The van der Waals surface area contributed by atoms with E-state index in [1.807, 2.05) is 0 Å². The normalized spacial score (nSPS) is 12.9. The van der Waals surface area contributed by atoms with Crippen molar-refractivity contribution in [2.45, 2.75) is 31.6 Å². The standard InChI is InChI=1S/C83H61N2O2Si2/c1-88(2)63-43-46-78-71(51-63)68-34-21-37-76(82(68)86-78)85(61-41-39-55-23-15-17-25-57(55)49-61)77-53-74-80(67-33-19-18-32-66(67)77)70-45-42-62(50-73(70)83(74,58-26-8-5-9-27-58)59-28-10-6-11-29-59)84(60-40-38-54-22-14-16-24-56(54)48-60)75-36-20-35-69-72-52-65(44-47-79(72)87-81(69)75)89(3,4)64-30-12-7-13-31-64/h5-53H,1-4H3. The van der Waals surface area contributed by atoms with Crippen LogP contribution in [0.4, 0.5) is 34.1 Å². The van der Waals surface area contributed by atoms with Crippen molar-refractivity contribution in [2.75, 3.05) is 9.80 Å². The molecule has 16 aromatic rings. The minimum absolute atomic E-state index is 0.718. The van der Waals surface area contributed by atoms with Gasteiger partial charge in [0.2, 0.25) is 0 Å². The molecule has 14 aromatic carbocycles. The van der Waals surface area contributed by atoms with Gasteiger partial charge in [-0.1, -0.05) is 272 Å². The molecule has 1 radical (unpaired) electrons. The Morgan fingerprint density at radius 3 is 1.45 bits per heavy atom. The third kappa shape index (κ3) is 8.24. The lowest BCUT2D eigenvalue weighted by atomic mass is 9.67. The fourth-order valence-electron chi connectivity index (χ4n) is 14.7. The van der Waals surface area contributed by atoms with E-state index in [1.165, 1.54) is 65.1 Å². The largest absolute Gasteiger partial charge is 0.454 e. The molecule has 0 bridgehead atoms. The van der Waals surface area contributed by atoms with Crippen LogP contribution in [0.25, 0.3) is 87.3 Å². The molecule has 1 aliphatic rings. The van der Waals surface area contributed by atoms with Crippen molar-refractivity contribution in [1.82, 2.24) is 0 Å². The quantitative estimate of drug-likeness (QED) is 0.121. The number of benzene rings is 14. The number of hydrogen-bond donors (Lipinski definition) is 0. The number of furan rings is 2. The molecule has 89 heavy (non-hydrogen) atoms. The van der Waals surface area contributed by atoms with E-state index in [1.54, 1.807) is 0 Å². The Balaban J connectivity index is 0.940. The van der Waals surface area contributed by atoms with Gasteiger partial charge in [-0.05, 0) is 127 Å². The summed E-state index contributed by atoms with van der Waals surface area (Å²) in [5, 5.41) is 15.7. The molecule has 17 rings (SSSR count). The van der Waals surface area contributed by atoms with E-state index in [2.05, 4.69) is 333 Å². The van der Waals surface area contributed by atoms with Crippen molar-refractivity contribution < 1.29 is 8.83 Å². The molecule has 0 atom stereocenters. The van der Waals surface area contributed by atoms with Gasteiger partial charge in [-0.3, -0.25) is 0 Å². The maximum Gasteiger partial charge on any atom is 0.159 e. The van der Waals surface area contributed by atoms with E-state index < -0.39 is 22.3 Å². The summed E-state index contributed by atoms with van der Waals surface area (Å²) in [4.78, 5) is 4.92. The van der Waals surface area contributed by atoms with Gasteiger partial charge in [0.05, 0.1) is 31.3 Å². The zero-order valence-corrected chi connectivity index (χ0v) is 52.0. The number of fused-ring (bicyclic) bond motifs is 13. The zero-order valence-electron chi connectivity index (χ0n) is 50.0. The average Bonchev–Trinajstić information content (AvgIpc) is 1.56. The first-order valence-corrected chi connectivity index (χ1v) is 36.4. The molecule has 0 amide bonds. The first-order valence-electron chi connectivity index (χ1n) is 30.9. The Morgan fingerprint density at radius 2 is 0.831 bits per heavy atom. The van der Waals surface area contributed by atoms with Gasteiger partial charge in [-0.15, -0.1) is 0 Å². The predicted octanol–water partition coefficient (Wildman–Crippen LogP) is 21.0. The fraction of sp³-hybridized carbons (Fsp3) is 0.0602. The van der Waals surface area contributed by atoms with Gasteiger partial charge >= 0.3 is 0 Å². The highest BCUT2D eigenvalue weighted by Gasteiger charge is 2.48. The van der Waals surface area contributed by atoms with Crippen LogP contribution in [0.2, 0.25) is 26.2 Å². The summed E-state index contributed by atoms with van der Waals surface area (Å²) in [6.07, 6.45) is 0. The minimum atomic E-state index is -2.06. The van der Waals surface area contributed by atoms with Crippen LogP contribution in [0.15, 0.2) is 306 Å². The van der Waals surface area contributed by atoms with Gasteiger partial charge in [0, 0.05) is 44.0 Å². The second kappa shape index (κ2) is 20.6. The molecule has 0 N–H and O–H groups in total. The number of para-hydroxylation sites is 2. The van der Waals surface area contributed by atoms with Crippen LogP contribution >= 0.6 is 0 Å². The highest BCUT2D eigenvalue weighted by Crippen LogP contribution is 2.61. The highest BCUT2D eigenvalue weighted by atomic mass is 28.3. The summed E-state index contributed by atoms with van der Waals surface area (Å²) in [6.45, 7) is 9.62. The molecule has 0 aliphatic heterocycles. The maximum absolute atomic E-state index is 7.19. The molecule has 2 heterocycles. The van der Waals surface area contributed by atoms with E-state index in [4.69, 9.17) is 8.83 Å². The third-order valence-corrected chi connectivity index (χ3v) is 24.2. The Morgan fingerprint density at radius 1 is 0.337 bits per heavy atom. The summed E-state index contributed by atoms with van der Waals surface area (Å²) < 4.78 is 14.3. The molecule has 0 unspecified atom stereocenters.